The molecule has 29 heavy (non-hydrogen) atoms. The molecule has 2 aromatic heterocycles. The molecule has 0 N–H and O–H groups in total. The number of benzene rings is 1. The number of piperidine rings is 1. The summed E-state index contributed by atoms with van der Waals surface area (Å²) in [4.78, 5) is 31.0. The van der Waals surface area contributed by atoms with E-state index in [2.05, 4.69) is 10.1 Å². The minimum atomic E-state index is -0.204. The standard InChI is InChI=1S/C22H22N4O3/c1-29-22(28)16-9-12-25(13-10-16)21(27)19-15-26(18-7-3-2-4-8-18)24-20(19)17-6-5-11-23-14-17/h2-8,11,14-16H,9-10,12-13H2,1H3. The van der Waals surface area contributed by atoms with Crippen LogP contribution < -0.4 is 0 Å². The van der Waals surface area contributed by atoms with Crippen molar-refractivity contribution in [3.8, 4) is 16.9 Å². The van der Waals surface area contributed by atoms with Gasteiger partial charge in [0.05, 0.1) is 24.3 Å². The molecule has 0 unspecified atom stereocenters. The average Bonchev–Trinajstić information content (AvgIpc) is 3.25. The van der Waals surface area contributed by atoms with Gasteiger partial charge < -0.3 is 9.64 Å². The van der Waals surface area contributed by atoms with Gasteiger partial charge in [-0.25, -0.2) is 4.68 Å². The molecule has 1 aliphatic rings. The molecule has 148 valence electrons. The van der Waals surface area contributed by atoms with Crippen molar-refractivity contribution < 1.29 is 14.3 Å². The zero-order valence-corrected chi connectivity index (χ0v) is 16.2. The number of para-hydroxylation sites is 1. The fourth-order valence-electron chi connectivity index (χ4n) is 3.61. The molecule has 1 saturated heterocycles. The number of ether oxygens (including phenoxy) is 1. The summed E-state index contributed by atoms with van der Waals surface area (Å²) < 4.78 is 6.56. The van der Waals surface area contributed by atoms with Crippen LogP contribution in [0.4, 0.5) is 0 Å². The largest absolute Gasteiger partial charge is 0.469 e. The Morgan fingerprint density at radius 1 is 1.07 bits per heavy atom. The van der Waals surface area contributed by atoms with E-state index in [-0.39, 0.29) is 17.8 Å². The highest BCUT2D eigenvalue weighted by atomic mass is 16.5. The topological polar surface area (TPSA) is 77.3 Å². The predicted octanol–water partition coefficient (Wildman–Crippen LogP) is 2.96. The van der Waals surface area contributed by atoms with E-state index in [1.165, 1.54) is 7.11 Å². The lowest BCUT2D eigenvalue weighted by molar-refractivity contribution is -0.146. The monoisotopic (exact) mass is 390 g/mol. The van der Waals surface area contributed by atoms with Gasteiger partial charge in [-0.3, -0.25) is 14.6 Å². The molecule has 1 aliphatic heterocycles. The van der Waals surface area contributed by atoms with Crippen molar-refractivity contribution in [1.82, 2.24) is 19.7 Å². The summed E-state index contributed by atoms with van der Waals surface area (Å²) in [5.74, 6) is -0.437. The maximum absolute atomic E-state index is 13.3. The molecule has 0 radical (unpaired) electrons. The minimum absolute atomic E-state index is 0.0886. The van der Waals surface area contributed by atoms with E-state index in [0.717, 1.165) is 11.3 Å². The van der Waals surface area contributed by atoms with Crippen LogP contribution in [-0.2, 0) is 9.53 Å². The molecule has 1 aromatic carbocycles. The van der Waals surface area contributed by atoms with Gasteiger partial charge in [-0.2, -0.15) is 5.10 Å². The number of likely N-dealkylation sites (tertiary alicyclic amines) is 1. The molecule has 1 amide bonds. The lowest BCUT2D eigenvalue weighted by atomic mass is 9.96. The number of hydrogen-bond donors (Lipinski definition) is 0. The van der Waals surface area contributed by atoms with Crippen molar-refractivity contribution >= 4 is 11.9 Å². The number of pyridine rings is 1. The molecule has 0 bridgehead atoms. The third-order valence-corrected chi connectivity index (χ3v) is 5.22. The first kappa shape index (κ1) is 18.9. The van der Waals surface area contributed by atoms with Gasteiger partial charge >= 0.3 is 5.97 Å². The Morgan fingerprint density at radius 3 is 2.48 bits per heavy atom. The summed E-state index contributed by atoms with van der Waals surface area (Å²) >= 11 is 0. The second-order valence-corrected chi connectivity index (χ2v) is 7.00. The number of carbonyl (C=O) groups is 2. The summed E-state index contributed by atoms with van der Waals surface area (Å²) in [5.41, 5.74) is 2.79. The van der Waals surface area contributed by atoms with Gasteiger partial charge in [-0.1, -0.05) is 18.2 Å². The predicted molar refractivity (Wildman–Crippen MR) is 107 cm³/mol. The second-order valence-electron chi connectivity index (χ2n) is 7.00. The van der Waals surface area contributed by atoms with E-state index in [0.29, 0.717) is 37.2 Å². The van der Waals surface area contributed by atoms with Gasteiger partial charge in [0.25, 0.3) is 5.91 Å². The van der Waals surface area contributed by atoms with Gasteiger partial charge in [0.15, 0.2) is 0 Å². The Balaban J connectivity index is 1.65. The molecule has 0 saturated carbocycles. The van der Waals surface area contributed by atoms with E-state index < -0.39 is 0 Å². The average molecular weight is 390 g/mol. The SMILES string of the molecule is COC(=O)C1CCN(C(=O)c2cn(-c3ccccc3)nc2-c2cccnc2)CC1. The minimum Gasteiger partial charge on any atom is -0.469 e. The maximum atomic E-state index is 13.3. The number of esters is 1. The van der Waals surface area contributed by atoms with Crippen LogP contribution in [0.25, 0.3) is 16.9 Å². The Kier molecular flexibility index (Phi) is 5.37. The second kappa shape index (κ2) is 8.26. The first-order chi connectivity index (χ1) is 14.2. The van der Waals surface area contributed by atoms with Crippen LogP contribution in [0.5, 0.6) is 0 Å². The van der Waals surface area contributed by atoms with Gasteiger partial charge in [0.2, 0.25) is 0 Å². The highest BCUT2D eigenvalue weighted by molar-refractivity contribution is 6.00. The van der Waals surface area contributed by atoms with E-state index in [1.54, 1.807) is 28.2 Å². The number of rotatable bonds is 4. The van der Waals surface area contributed by atoms with Gasteiger partial charge in [0.1, 0.15) is 5.69 Å². The summed E-state index contributed by atoms with van der Waals surface area (Å²) in [6.07, 6.45) is 6.38. The van der Waals surface area contributed by atoms with Crippen molar-refractivity contribution in [2.45, 2.75) is 12.8 Å². The number of nitrogens with zero attached hydrogens (tertiary/aromatic N) is 4. The van der Waals surface area contributed by atoms with Crippen molar-refractivity contribution in [2.75, 3.05) is 20.2 Å². The lowest BCUT2D eigenvalue weighted by Crippen LogP contribution is -2.40. The molecule has 0 atom stereocenters. The summed E-state index contributed by atoms with van der Waals surface area (Å²) in [7, 11) is 1.40. The molecule has 7 nitrogen and oxygen atoms in total. The Hall–Kier alpha value is -3.48. The van der Waals surface area contributed by atoms with E-state index in [9.17, 15) is 9.59 Å². The molecule has 0 spiro atoms. The number of hydrogen-bond acceptors (Lipinski definition) is 5. The van der Waals surface area contributed by atoms with Crippen molar-refractivity contribution in [3.63, 3.8) is 0 Å². The number of aromatic nitrogens is 3. The fraction of sp³-hybridized carbons (Fsp3) is 0.273. The smallest absolute Gasteiger partial charge is 0.308 e. The van der Waals surface area contributed by atoms with Crippen LogP contribution in [-0.4, -0.2) is 51.7 Å². The molecule has 1 fully saturated rings. The zero-order valence-electron chi connectivity index (χ0n) is 16.2. The molecule has 7 heteroatoms. The number of methoxy groups -OCH3 is 1. The molecular weight excluding hydrogens is 368 g/mol. The van der Waals surface area contributed by atoms with Crippen LogP contribution in [0.2, 0.25) is 0 Å². The number of carbonyl (C=O) groups excluding carboxylic acids is 2. The van der Waals surface area contributed by atoms with Gasteiger partial charge in [0, 0.05) is 37.2 Å². The van der Waals surface area contributed by atoms with Gasteiger partial charge in [-0.15, -0.1) is 0 Å². The van der Waals surface area contributed by atoms with Crippen LogP contribution in [0.1, 0.15) is 23.2 Å². The Bertz CT molecular complexity index is 993. The summed E-state index contributed by atoms with van der Waals surface area (Å²) in [5, 5.41) is 4.68. The third kappa shape index (κ3) is 3.89. The Morgan fingerprint density at radius 2 is 1.83 bits per heavy atom. The summed E-state index contributed by atoms with van der Waals surface area (Å²) in [6.45, 7) is 1.03. The van der Waals surface area contributed by atoms with Crippen molar-refractivity contribution in [1.29, 1.82) is 0 Å². The quantitative estimate of drug-likeness (QED) is 0.640. The molecule has 4 rings (SSSR count). The van der Waals surface area contributed by atoms with Crippen molar-refractivity contribution in [2.24, 2.45) is 5.92 Å². The van der Waals surface area contributed by atoms with Crippen LogP contribution in [0, 0.1) is 5.92 Å². The van der Waals surface area contributed by atoms with E-state index in [4.69, 9.17) is 4.74 Å². The fourth-order valence-corrected chi connectivity index (χ4v) is 3.61. The summed E-state index contributed by atoms with van der Waals surface area (Å²) in [6, 6.07) is 13.4. The van der Waals surface area contributed by atoms with E-state index in [1.807, 2.05) is 42.5 Å². The zero-order chi connectivity index (χ0) is 20.2. The first-order valence-electron chi connectivity index (χ1n) is 9.60. The van der Waals surface area contributed by atoms with Crippen LogP contribution in [0.3, 0.4) is 0 Å². The maximum Gasteiger partial charge on any atom is 0.308 e. The highest BCUT2D eigenvalue weighted by Gasteiger charge is 2.30. The van der Waals surface area contributed by atoms with Crippen LogP contribution >= 0.6 is 0 Å². The van der Waals surface area contributed by atoms with E-state index >= 15 is 0 Å². The normalized spacial score (nSPS) is 14.6. The molecule has 0 aliphatic carbocycles. The third-order valence-electron chi connectivity index (χ3n) is 5.22. The van der Waals surface area contributed by atoms with Crippen molar-refractivity contribution in [3.05, 3.63) is 66.6 Å². The molecule has 3 aromatic rings. The van der Waals surface area contributed by atoms with Gasteiger partial charge in [-0.05, 0) is 37.1 Å². The van der Waals surface area contributed by atoms with Crippen LogP contribution in [0.15, 0.2) is 61.1 Å². The first-order valence-corrected chi connectivity index (χ1v) is 9.60. The highest BCUT2D eigenvalue weighted by Crippen LogP contribution is 2.26. The lowest BCUT2D eigenvalue weighted by Gasteiger charge is -2.30. The Labute approximate surface area is 168 Å². The molecular formula is C22H22N4O3. The molecule has 3 heterocycles. The number of amides is 1.